The van der Waals surface area contributed by atoms with Gasteiger partial charge in [-0.1, -0.05) is 0 Å². The third-order valence-corrected chi connectivity index (χ3v) is 3.36. The lowest BCUT2D eigenvalue weighted by molar-refractivity contribution is -0.147. The molecule has 1 N–H and O–H groups in total. The monoisotopic (exact) mass is 395 g/mol. The number of esters is 1. The van der Waals surface area contributed by atoms with Gasteiger partial charge >= 0.3 is 12.6 Å². The van der Waals surface area contributed by atoms with Crippen molar-refractivity contribution >= 4 is 17.6 Å². The zero-order valence-electron chi connectivity index (χ0n) is 15.0. The molecule has 0 bridgehead atoms. The van der Waals surface area contributed by atoms with E-state index < -0.39 is 25.1 Å². The third-order valence-electron chi connectivity index (χ3n) is 3.36. The van der Waals surface area contributed by atoms with Crippen LogP contribution in [0.25, 0.3) is 0 Å². The van der Waals surface area contributed by atoms with Crippen molar-refractivity contribution in [1.29, 1.82) is 0 Å². The fourth-order valence-electron chi connectivity index (χ4n) is 2.06. The molecule has 7 nitrogen and oxygen atoms in total. The molecular weight excluding hydrogens is 376 g/mol. The van der Waals surface area contributed by atoms with Gasteiger partial charge in [0.2, 0.25) is 0 Å². The molecular formula is C19H19F2NO6. The number of amides is 1. The number of ether oxygens (including phenoxy) is 4. The van der Waals surface area contributed by atoms with Crippen molar-refractivity contribution in [2.24, 2.45) is 0 Å². The smallest absolute Gasteiger partial charge is 0.387 e. The molecule has 2 aromatic rings. The average Bonchev–Trinajstić information content (AvgIpc) is 2.68. The Kier molecular flexibility index (Phi) is 8.01. The van der Waals surface area contributed by atoms with E-state index in [1.807, 2.05) is 0 Å². The van der Waals surface area contributed by atoms with Crippen molar-refractivity contribution in [3.05, 3.63) is 48.5 Å². The topological polar surface area (TPSA) is 83.1 Å². The van der Waals surface area contributed by atoms with Crippen molar-refractivity contribution in [1.82, 2.24) is 0 Å². The first kappa shape index (κ1) is 20.9. The molecule has 28 heavy (non-hydrogen) atoms. The van der Waals surface area contributed by atoms with Gasteiger partial charge in [-0.05, 0) is 48.5 Å². The van der Waals surface area contributed by atoms with E-state index in [0.717, 1.165) is 0 Å². The summed E-state index contributed by atoms with van der Waals surface area (Å²) in [6.07, 6.45) is -0.0288. The highest BCUT2D eigenvalue weighted by Gasteiger charge is 2.09. The molecule has 0 aliphatic carbocycles. The summed E-state index contributed by atoms with van der Waals surface area (Å²) in [7, 11) is 1.55. The minimum Gasteiger partial charge on any atom is -0.497 e. The molecule has 0 atom stereocenters. The van der Waals surface area contributed by atoms with Crippen LogP contribution in [0.4, 0.5) is 14.5 Å². The van der Waals surface area contributed by atoms with Crippen molar-refractivity contribution in [3.63, 3.8) is 0 Å². The molecule has 0 unspecified atom stereocenters. The summed E-state index contributed by atoms with van der Waals surface area (Å²) in [5, 5.41) is 2.47. The minimum atomic E-state index is -2.92. The first-order valence-corrected chi connectivity index (χ1v) is 8.23. The molecule has 2 aromatic carbocycles. The Morgan fingerprint density at radius 2 is 1.57 bits per heavy atom. The number of hydrogen-bond donors (Lipinski definition) is 1. The Balaban J connectivity index is 1.65. The molecule has 2 rings (SSSR count). The Morgan fingerprint density at radius 1 is 0.964 bits per heavy atom. The minimum absolute atomic E-state index is 0.0288. The van der Waals surface area contributed by atoms with Gasteiger partial charge in [0.25, 0.3) is 5.91 Å². The highest BCUT2D eigenvalue weighted by Crippen LogP contribution is 2.18. The Labute approximate surface area is 160 Å². The van der Waals surface area contributed by atoms with E-state index in [4.69, 9.17) is 14.2 Å². The number of rotatable bonds is 10. The van der Waals surface area contributed by atoms with Crippen LogP contribution in [0.2, 0.25) is 0 Å². The van der Waals surface area contributed by atoms with Gasteiger partial charge in [-0.15, -0.1) is 0 Å². The molecule has 0 radical (unpaired) electrons. The second kappa shape index (κ2) is 10.7. The number of halogens is 2. The number of hydrogen-bond acceptors (Lipinski definition) is 6. The highest BCUT2D eigenvalue weighted by molar-refractivity contribution is 5.92. The number of carbonyl (C=O) groups is 2. The van der Waals surface area contributed by atoms with Crippen molar-refractivity contribution in [3.8, 4) is 17.2 Å². The van der Waals surface area contributed by atoms with Gasteiger partial charge in [0.05, 0.1) is 20.1 Å². The fraction of sp³-hybridized carbons (Fsp3) is 0.263. The quantitative estimate of drug-likeness (QED) is 0.622. The Hall–Kier alpha value is -3.36. The predicted molar refractivity (Wildman–Crippen MR) is 95.8 cm³/mol. The van der Waals surface area contributed by atoms with E-state index in [1.165, 1.54) is 24.3 Å². The number of carbonyl (C=O) groups excluding carboxylic acids is 2. The largest absolute Gasteiger partial charge is 0.497 e. The summed E-state index contributed by atoms with van der Waals surface area (Å²) >= 11 is 0. The van der Waals surface area contributed by atoms with E-state index >= 15 is 0 Å². The van der Waals surface area contributed by atoms with Crippen LogP contribution >= 0.6 is 0 Å². The van der Waals surface area contributed by atoms with Gasteiger partial charge in [0.15, 0.2) is 6.61 Å². The van der Waals surface area contributed by atoms with Crippen LogP contribution in [0.5, 0.6) is 17.2 Å². The summed E-state index contributed by atoms with van der Waals surface area (Å²) in [5.74, 6) is 0.0761. The van der Waals surface area contributed by atoms with Crippen molar-refractivity contribution < 1.29 is 37.3 Å². The lowest BCUT2D eigenvalue weighted by Gasteiger charge is -2.09. The van der Waals surface area contributed by atoms with Gasteiger partial charge in [-0.3, -0.25) is 9.59 Å². The summed E-state index contributed by atoms with van der Waals surface area (Å²) in [4.78, 5) is 23.4. The van der Waals surface area contributed by atoms with Gasteiger partial charge in [0, 0.05) is 5.69 Å². The van der Waals surface area contributed by atoms with Gasteiger partial charge < -0.3 is 24.3 Å². The van der Waals surface area contributed by atoms with E-state index in [1.54, 1.807) is 31.4 Å². The predicted octanol–water partition coefficient (Wildman–Crippen LogP) is 3.25. The maximum atomic E-state index is 12.1. The molecule has 1 amide bonds. The average molecular weight is 395 g/mol. The molecule has 9 heteroatoms. The van der Waals surface area contributed by atoms with Crippen LogP contribution in [0.3, 0.4) is 0 Å². The summed E-state index contributed by atoms with van der Waals surface area (Å²) in [6.45, 7) is -3.30. The van der Waals surface area contributed by atoms with Gasteiger partial charge in [0.1, 0.15) is 17.2 Å². The molecule has 0 aliphatic heterocycles. The number of anilines is 1. The van der Waals surface area contributed by atoms with Gasteiger partial charge in [-0.25, -0.2) is 0 Å². The first-order valence-electron chi connectivity index (χ1n) is 8.23. The Morgan fingerprint density at radius 3 is 2.18 bits per heavy atom. The van der Waals surface area contributed by atoms with Gasteiger partial charge in [-0.2, -0.15) is 8.78 Å². The molecule has 0 aliphatic rings. The van der Waals surface area contributed by atoms with E-state index in [2.05, 4.69) is 10.1 Å². The summed E-state index contributed by atoms with van der Waals surface area (Å²) < 4.78 is 43.6. The summed E-state index contributed by atoms with van der Waals surface area (Å²) in [6, 6.07) is 12.2. The number of alkyl halides is 2. The second-order valence-corrected chi connectivity index (χ2v) is 5.39. The molecule has 0 aromatic heterocycles. The van der Waals surface area contributed by atoms with Crippen molar-refractivity contribution in [2.75, 3.05) is 25.6 Å². The van der Waals surface area contributed by atoms with Crippen LogP contribution in [0, 0.1) is 0 Å². The summed E-state index contributed by atoms with van der Waals surface area (Å²) in [5.41, 5.74) is 0.352. The standard InChI is InChI=1S/C19H19F2NO6/c1-25-14-6-8-15(9-7-14)26-11-10-18(24)27-12-17(23)22-13-2-4-16(5-3-13)28-19(20)21/h2-9,19H,10-12H2,1H3,(H,22,23). The lowest BCUT2D eigenvalue weighted by atomic mass is 10.3. The molecule has 0 heterocycles. The van der Waals surface area contributed by atoms with E-state index in [0.29, 0.717) is 17.2 Å². The van der Waals surface area contributed by atoms with Crippen LogP contribution in [-0.2, 0) is 14.3 Å². The fourth-order valence-corrected chi connectivity index (χ4v) is 2.06. The van der Waals surface area contributed by atoms with E-state index in [9.17, 15) is 18.4 Å². The third kappa shape index (κ3) is 7.48. The van der Waals surface area contributed by atoms with Crippen LogP contribution in [0.15, 0.2) is 48.5 Å². The first-order chi connectivity index (χ1) is 13.5. The van der Waals surface area contributed by atoms with Crippen LogP contribution < -0.4 is 19.5 Å². The molecule has 0 spiro atoms. The molecule has 0 fully saturated rings. The SMILES string of the molecule is COc1ccc(OCCC(=O)OCC(=O)Nc2ccc(OC(F)F)cc2)cc1. The zero-order valence-corrected chi connectivity index (χ0v) is 15.0. The van der Waals surface area contributed by atoms with Crippen molar-refractivity contribution in [2.45, 2.75) is 13.0 Å². The molecule has 0 saturated carbocycles. The highest BCUT2D eigenvalue weighted by atomic mass is 19.3. The normalized spacial score (nSPS) is 10.3. The maximum absolute atomic E-state index is 12.1. The number of nitrogens with one attached hydrogen (secondary N) is 1. The zero-order chi connectivity index (χ0) is 20.4. The molecule has 150 valence electrons. The number of benzene rings is 2. The van der Waals surface area contributed by atoms with Crippen LogP contribution in [-0.4, -0.2) is 38.8 Å². The molecule has 0 saturated heterocycles. The maximum Gasteiger partial charge on any atom is 0.387 e. The Bertz CT molecular complexity index is 765. The van der Waals surface area contributed by atoms with Crippen LogP contribution in [0.1, 0.15) is 6.42 Å². The van der Waals surface area contributed by atoms with E-state index in [-0.39, 0.29) is 18.8 Å². The second-order valence-electron chi connectivity index (χ2n) is 5.39. The lowest BCUT2D eigenvalue weighted by Crippen LogP contribution is -2.21. The number of methoxy groups -OCH3 is 1.